The molecule has 0 spiro atoms. The lowest BCUT2D eigenvalue weighted by Crippen LogP contribution is -2.73. The fourth-order valence-corrected chi connectivity index (χ4v) is 9.72. The van der Waals surface area contributed by atoms with Crippen LogP contribution in [0.15, 0.2) is 71.8 Å². The predicted molar refractivity (Wildman–Crippen MR) is 202 cm³/mol. The number of carbonyl (C=O) groups is 5. The molecule has 0 radical (unpaired) electrons. The van der Waals surface area contributed by atoms with Gasteiger partial charge in [0.2, 0.25) is 0 Å². The molecular weight excluding hydrogens is 738 g/mol. The fourth-order valence-electron chi connectivity index (χ4n) is 9.72. The summed E-state index contributed by atoms with van der Waals surface area (Å²) in [6, 6.07) is 14.8. The Hall–Kier alpha value is -4.63. The van der Waals surface area contributed by atoms with Gasteiger partial charge in [0.1, 0.15) is 35.1 Å². The van der Waals surface area contributed by atoms with Crippen LogP contribution < -0.4 is 5.32 Å². The summed E-state index contributed by atoms with van der Waals surface area (Å²) in [7, 11) is 0. The molecular formula is C43H53NO13. The van der Waals surface area contributed by atoms with Gasteiger partial charge in [-0.1, -0.05) is 62.4 Å². The first-order valence-corrected chi connectivity index (χ1v) is 19.2. The number of nitrogens with one attached hydrogen (secondary N) is 1. The Kier molecular flexibility index (Phi) is 10.8. The number of carbonyl (C=O) groups excluding carboxylic acids is 5. The van der Waals surface area contributed by atoms with Gasteiger partial charge in [-0.3, -0.25) is 9.59 Å². The number of ether oxygens (including phenoxy) is 4. The number of aliphatic hydroxyl groups is 4. The molecule has 2 aromatic rings. The number of amides is 1. The van der Waals surface area contributed by atoms with Gasteiger partial charge in [-0.2, -0.15) is 0 Å². The molecule has 3 saturated carbocycles. The van der Waals surface area contributed by atoms with Crippen LogP contribution in [0.5, 0.6) is 0 Å². The number of fused-ring (bicyclic) bond motifs is 5. The second-order valence-corrected chi connectivity index (χ2v) is 17.7. The van der Waals surface area contributed by atoms with E-state index in [9.17, 15) is 44.4 Å². The SMILES string of the molecule is CC(=O)O[C@@]12CC1C[C@H](O)[C@@]1(C)C(=O)[C@H](O)C3=C(C)[C@@H](OC(=O)[C@H](O)[C@@H](NC(=O)OC(C)(C)C)c4ccccc4)C[C@@](O)([C@@H](OC(=O)c4ccccc4)[C@@H]12)C3(C)C. The summed E-state index contributed by atoms with van der Waals surface area (Å²) in [5.41, 5.74) is -7.59. The molecule has 308 valence electrons. The molecule has 57 heavy (non-hydrogen) atoms. The smallest absolute Gasteiger partial charge is 0.408 e. The van der Waals surface area contributed by atoms with E-state index >= 15 is 0 Å². The summed E-state index contributed by atoms with van der Waals surface area (Å²) >= 11 is 0. The van der Waals surface area contributed by atoms with Crippen LogP contribution >= 0.6 is 0 Å². The summed E-state index contributed by atoms with van der Waals surface area (Å²) < 4.78 is 23.7. The minimum Gasteiger partial charge on any atom is -0.458 e. The van der Waals surface area contributed by atoms with Gasteiger partial charge in [-0.15, -0.1) is 0 Å². The summed E-state index contributed by atoms with van der Waals surface area (Å²) in [4.78, 5) is 68.6. The molecule has 11 atom stereocenters. The number of esters is 3. The molecule has 0 heterocycles. The number of benzene rings is 2. The first kappa shape index (κ1) is 42.0. The Bertz CT molecular complexity index is 1960. The van der Waals surface area contributed by atoms with E-state index in [4.69, 9.17) is 18.9 Å². The van der Waals surface area contributed by atoms with Crippen molar-refractivity contribution in [3.8, 4) is 0 Å². The van der Waals surface area contributed by atoms with Crippen LogP contribution in [0.3, 0.4) is 0 Å². The van der Waals surface area contributed by atoms with E-state index in [0.29, 0.717) is 5.56 Å². The van der Waals surface area contributed by atoms with Gasteiger partial charge in [0.15, 0.2) is 11.9 Å². The van der Waals surface area contributed by atoms with Crippen LogP contribution in [0.25, 0.3) is 0 Å². The van der Waals surface area contributed by atoms with Crippen molar-refractivity contribution < 1.29 is 63.3 Å². The quantitative estimate of drug-likeness (QED) is 0.146. The maximum atomic E-state index is 14.9. The highest BCUT2D eigenvalue weighted by Crippen LogP contribution is 2.70. The van der Waals surface area contributed by atoms with Gasteiger partial charge in [-0.25, -0.2) is 14.4 Å². The molecule has 6 rings (SSSR count). The number of hydrogen-bond acceptors (Lipinski definition) is 13. The van der Waals surface area contributed by atoms with Crippen molar-refractivity contribution in [3.05, 3.63) is 82.9 Å². The minimum absolute atomic E-state index is 0.0351. The second kappa shape index (κ2) is 14.6. The van der Waals surface area contributed by atoms with Gasteiger partial charge in [0.25, 0.3) is 0 Å². The van der Waals surface area contributed by atoms with Crippen molar-refractivity contribution in [2.75, 3.05) is 0 Å². The van der Waals surface area contributed by atoms with Gasteiger partial charge in [-0.05, 0) is 76.3 Å². The minimum atomic E-state index is -2.29. The van der Waals surface area contributed by atoms with E-state index in [0.717, 1.165) is 0 Å². The molecule has 5 N–H and O–H groups in total. The molecule has 0 aromatic heterocycles. The number of ketones is 1. The van der Waals surface area contributed by atoms with Crippen LogP contribution in [0.4, 0.5) is 4.79 Å². The van der Waals surface area contributed by atoms with Crippen LogP contribution in [-0.2, 0) is 33.3 Å². The van der Waals surface area contributed by atoms with E-state index in [1.54, 1.807) is 83.1 Å². The van der Waals surface area contributed by atoms with Crippen LogP contribution in [0, 0.1) is 22.7 Å². The van der Waals surface area contributed by atoms with Crippen molar-refractivity contribution >= 4 is 29.8 Å². The lowest BCUT2D eigenvalue weighted by Gasteiger charge is -2.61. The average Bonchev–Trinajstić information content (AvgIpc) is 3.82. The third-order valence-electron chi connectivity index (χ3n) is 12.7. The zero-order valence-electron chi connectivity index (χ0n) is 33.5. The van der Waals surface area contributed by atoms with E-state index in [2.05, 4.69) is 5.32 Å². The predicted octanol–water partition coefficient (Wildman–Crippen LogP) is 3.88. The lowest BCUT2D eigenvalue weighted by molar-refractivity contribution is -0.245. The third-order valence-corrected chi connectivity index (χ3v) is 12.7. The first-order chi connectivity index (χ1) is 26.5. The highest BCUT2D eigenvalue weighted by Gasteiger charge is 2.80. The molecule has 2 bridgehead atoms. The van der Waals surface area contributed by atoms with Crippen molar-refractivity contribution in [1.82, 2.24) is 5.32 Å². The standard InChI is InChI=1S/C43H53NO13/c1-22-27(54-37(51)32(48)30(24-15-11-9-12-16-24)44-38(52)57-39(3,4)5)21-43(53)35(55-36(50)25-17-13-10-14-18-25)33-41(8,34(49)31(47)29(22)40(43,6)7)28(46)19-26-20-42(26,33)56-23(2)45/h9-18,26-28,30-33,35,46-48,53H,19-21H2,1-8H3,(H,44,52)/t26?,27-,28-,30-,31+,32+,33-,35-,41+,42-,43+/m0/s1. The highest BCUT2D eigenvalue weighted by molar-refractivity contribution is 5.94. The van der Waals surface area contributed by atoms with Crippen molar-refractivity contribution in [3.63, 3.8) is 0 Å². The van der Waals surface area contributed by atoms with Crippen LogP contribution in [-0.4, -0.2) is 97.5 Å². The molecule has 2 aromatic carbocycles. The number of Topliss-reactive ketones (excluding diaryl/α,β-unsaturated/α-hetero) is 1. The molecule has 1 amide bonds. The molecule has 3 fully saturated rings. The Morgan fingerprint density at radius 1 is 0.912 bits per heavy atom. The molecule has 0 aliphatic heterocycles. The molecule has 0 saturated heterocycles. The highest BCUT2D eigenvalue weighted by atomic mass is 16.6. The van der Waals surface area contributed by atoms with Gasteiger partial charge in [0.05, 0.1) is 29.0 Å². The Balaban J connectivity index is 1.47. The number of hydrogen-bond donors (Lipinski definition) is 5. The zero-order chi connectivity index (χ0) is 42.0. The summed E-state index contributed by atoms with van der Waals surface area (Å²) in [6.45, 7) is 12.2. The van der Waals surface area contributed by atoms with Gasteiger partial charge >= 0.3 is 24.0 Å². The lowest BCUT2D eigenvalue weighted by atomic mass is 9.47. The molecule has 4 aliphatic carbocycles. The fraction of sp³-hybridized carbons (Fsp3) is 0.558. The topological polar surface area (TPSA) is 215 Å². The van der Waals surface area contributed by atoms with E-state index in [1.165, 1.54) is 32.9 Å². The average molecular weight is 792 g/mol. The Morgan fingerprint density at radius 2 is 1.51 bits per heavy atom. The second-order valence-electron chi connectivity index (χ2n) is 17.7. The van der Waals surface area contributed by atoms with Crippen LogP contribution in [0.2, 0.25) is 0 Å². The maximum absolute atomic E-state index is 14.9. The summed E-state index contributed by atoms with van der Waals surface area (Å²) in [6.07, 6.45) is -9.72. The number of aliphatic hydroxyl groups excluding tert-OH is 3. The first-order valence-electron chi connectivity index (χ1n) is 19.2. The Labute approximate surface area is 331 Å². The number of alkyl carbamates (subject to hydrolysis) is 1. The third kappa shape index (κ3) is 7.15. The van der Waals surface area contributed by atoms with E-state index in [1.807, 2.05) is 0 Å². The zero-order valence-corrected chi connectivity index (χ0v) is 33.5. The van der Waals surface area contributed by atoms with Gasteiger partial charge < -0.3 is 44.7 Å². The maximum Gasteiger partial charge on any atom is 0.408 e. The normalized spacial score (nSPS) is 33.9. The van der Waals surface area contributed by atoms with Crippen molar-refractivity contribution in [1.29, 1.82) is 0 Å². The monoisotopic (exact) mass is 791 g/mol. The van der Waals surface area contributed by atoms with Crippen molar-refractivity contribution in [2.45, 2.75) is 128 Å². The summed E-state index contributed by atoms with van der Waals surface area (Å²) in [5.74, 6) is -5.52. The molecule has 14 heteroatoms. The summed E-state index contributed by atoms with van der Waals surface area (Å²) in [5, 5.41) is 51.4. The molecule has 1 unspecified atom stereocenters. The van der Waals surface area contributed by atoms with Crippen molar-refractivity contribution in [2.24, 2.45) is 22.7 Å². The van der Waals surface area contributed by atoms with E-state index < -0.39 is 112 Å². The molecule has 4 aliphatic rings. The van der Waals surface area contributed by atoms with Crippen LogP contribution in [0.1, 0.15) is 96.6 Å². The van der Waals surface area contributed by atoms with E-state index in [-0.39, 0.29) is 29.6 Å². The number of rotatable bonds is 8. The largest absolute Gasteiger partial charge is 0.458 e. The Morgan fingerprint density at radius 3 is 2.09 bits per heavy atom. The van der Waals surface area contributed by atoms with Gasteiger partial charge in [0, 0.05) is 24.7 Å². The molecule has 14 nitrogen and oxygen atoms in total.